The Morgan fingerprint density at radius 3 is 2.62 bits per heavy atom. The lowest BCUT2D eigenvalue weighted by Gasteiger charge is -2.37. The van der Waals surface area contributed by atoms with E-state index in [2.05, 4.69) is 10.6 Å². The monoisotopic (exact) mass is 296 g/mol. The van der Waals surface area contributed by atoms with E-state index in [1.54, 1.807) is 32.9 Å². The zero-order valence-corrected chi connectivity index (χ0v) is 12.5. The molecule has 3 N–H and O–H groups in total. The normalized spacial score (nSPS) is 17.0. The molecule has 1 aliphatic rings. The second-order valence-electron chi connectivity index (χ2n) is 6.44. The van der Waals surface area contributed by atoms with Crippen molar-refractivity contribution < 1.29 is 19.0 Å². The van der Waals surface area contributed by atoms with Crippen LogP contribution >= 0.6 is 0 Å². The molecular formula is C15H21FN2O3. The van der Waals surface area contributed by atoms with Crippen molar-refractivity contribution >= 4 is 11.8 Å². The molecule has 0 atom stereocenters. The predicted octanol–water partition coefficient (Wildman–Crippen LogP) is 2.05. The minimum absolute atomic E-state index is 0.249. The van der Waals surface area contributed by atoms with Gasteiger partial charge < -0.3 is 15.2 Å². The lowest BCUT2D eigenvalue weighted by atomic mass is 9.89. The summed E-state index contributed by atoms with van der Waals surface area (Å²) in [4.78, 5) is 11.6. The van der Waals surface area contributed by atoms with Crippen molar-refractivity contribution in [3.05, 3.63) is 29.6 Å². The highest BCUT2D eigenvalue weighted by Crippen LogP contribution is 2.22. The first-order chi connectivity index (χ1) is 9.67. The third kappa shape index (κ3) is 4.41. The van der Waals surface area contributed by atoms with E-state index in [0.717, 1.165) is 0 Å². The number of ether oxygens (including phenoxy) is 1. The molecule has 0 saturated carbocycles. The van der Waals surface area contributed by atoms with Gasteiger partial charge in [0.15, 0.2) is 0 Å². The number of hydrogen-bond donors (Lipinski definition) is 3. The van der Waals surface area contributed by atoms with E-state index in [-0.39, 0.29) is 6.42 Å². The fourth-order valence-corrected chi connectivity index (χ4v) is 2.08. The van der Waals surface area contributed by atoms with Crippen LogP contribution in [0.4, 0.5) is 14.9 Å². The third-order valence-corrected chi connectivity index (χ3v) is 3.13. The number of carbonyl (C=O) groups excluding carboxylic acids is 1. The van der Waals surface area contributed by atoms with Crippen LogP contribution in [0, 0.1) is 5.82 Å². The van der Waals surface area contributed by atoms with Gasteiger partial charge in [-0.05, 0) is 38.5 Å². The van der Waals surface area contributed by atoms with E-state index in [9.17, 15) is 14.3 Å². The number of carbonyl (C=O) groups is 1. The molecule has 1 aromatic carbocycles. The Bertz CT molecular complexity index is 536. The standard InChI is InChI=1S/C15H21FN2O3/c1-14(2,3)21-13(19)18-11-5-4-10(12(16)6-11)7-15(20)8-17-9-15/h4-6,17,20H,7-9H2,1-3H3,(H,18,19). The van der Waals surface area contributed by atoms with Crippen LogP contribution in [0.2, 0.25) is 0 Å². The van der Waals surface area contributed by atoms with Gasteiger partial charge in [-0.1, -0.05) is 6.07 Å². The first kappa shape index (κ1) is 15.7. The van der Waals surface area contributed by atoms with Gasteiger partial charge in [-0.15, -0.1) is 0 Å². The molecule has 0 bridgehead atoms. The molecule has 2 rings (SSSR count). The van der Waals surface area contributed by atoms with Crippen LogP contribution in [0.1, 0.15) is 26.3 Å². The van der Waals surface area contributed by atoms with Gasteiger partial charge >= 0.3 is 6.09 Å². The first-order valence-electron chi connectivity index (χ1n) is 6.88. The van der Waals surface area contributed by atoms with Gasteiger partial charge in [0.25, 0.3) is 0 Å². The number of benzene rings is 1. The van der Waals surface area contributed by atoms with E-state index >= 15 is 0 Å². The molecule has 1 saturated heterocycles. The van der Waals surface area contributed by atoms with Crippen molar-refractivity contribution in [1.29, 1.82) is 0 Å². The zero-order chi connectivity index (χ0) is 15.7. The van der Waals surface area contributed by atoms with Gasteiger partial charge in [-0.3, -0.25) is 5.32 Å². The highest BCUT2D eigenvalue weighted by atomic mass is 19.1. The second kappa shape index (κ2) is 5.61. The molecule has 1 fully saturated rings. The summed E-state index contributed by atoms with van der Waals surface area (Å²) in [5, 5.41) is 15.4. The van der Waals surface area contributed by atoms with Crippen molar-refractivity contribution in [2.75, 3.05) is 18.4 Å². The summed E-state index contributed by atoms with van der Waals surface area (Å²) in [5.74, 6) is -0.455. The minimum atomic E-state index is -0.874. The van der Waals surface area contributed by atoms with Gasteiger partial charge in [-0.2, -0.15) is 0 Å². The minimum Gasteiger partial charge on any atom is -0.444 e. The first-order valence-corrected chi connectivity index (χ1v) is 6.88. The Morgan fingerprint density at radius 1 is 1.48 bits per heavy atom. The smallest absolute Gasteiger partial charge is 0.412 e. The van der Waals surface area contributed by atoms with Crippen molar-refractivity contribution in [1.82, 2.24) is 5.32 Å². The summed E-state index contributed by atoms with van der Waals surface area (Å²) >= 11 is 0. The molecule has 1 heterocycles. The van der Waals surface area contributed by atoms with E-state index in [1.807, 2.05) is 0 Å². The van der Waals surface area contributed by atoms with Crippen molar-refractivity contribution in [3.8, 4) is 0 Å². The van der Waals surface area contributed by atoms with Crippen molar-refractivity contribution in [3.63, 3.8) is 0 Å². The van der Waals surface area contributed by atoms with Crippen LogP contribution in [0.5, 0.6) is 0 Å². The number of hydrogen-bond acceptors (Lipinski definition) is 4. The van der Waals surface area contributed by atoms with Crippen LogP contribution in [0.3, 0.4) is 0 Å². The van der Waals surface area contributed by atoms with Gasteiger partial charge in [0.2, 0.25) is 0 Å². The molecule has 116 valence electrons. The molecule has 5 nitrogen and oxygen atoms in total. The number of nitrogens with one attached hydrogen (secondary N) is 2. The maximum absolute atomic E-state index is 14.0. The van der Waals surface area contributed by atoms with Gasteiger partial charge in [0, 0.05) is 25.2 Å². The van der Waals surface area contributed by atoms with Crippen LogP contribution in [-0.2, 0) is 11.2 Å². The molecule has 0 aliphatic carbocycles. The highest BCUT2D eigenvalue weighted by Gasteiger charge is 2.35. The SMILES string of the molecule is CC(C)(C)OC(=O)Nc1ccc(CC2(O)CNC2)c(F)c1. The Labute approximate surface area is 123 Å². The Balaban J connectivity index is 2.00. The molecule has 0 radical (unpaired) electrons. The molecule has 0 aromatic heterocycles. The lowest BCUT2D eigenvalue weighted by molar-refractivity contribution is -0.00968. The molecular weight excluding hydrogens is 275 g/mol. The molecule has 0 unspecified atom stereocenters. The summed E-state index contributed by atoms with van der Waals surface area (Å²) in [6.45, 7) is 6.19. The van der Waals surface area contributed by atoms with E-state index in [0.29, 0.717) is 24.3 Å². The predicted molar refractivity (Wildman–Crippen MR) is 77.8 cm³/mol. The number of rotatable bonds is 3. The third-order valence-electron chi connectivity index (χ3n) is 3.13. The largest absolute Gasteiger partial charge is 0.444 e. The van der Waals surface area contributed by atoms with Crippen LogP contribution in [0.15, 0.2) is 18.2 Å². The van der Waals surface area contributed by atoms with E-state index < -0.39 is 23.1 Å². The van der Waals surface area contributed by atoms with Crippen molar-refractivity contribution in [2.24, 2.45) is 0 Å². The summed E-state index contributed by atoms with van der Waals surface area (Å²) in [6, 6.07) is 4.39. The van der Waals surface area contributed by atoms with Crippen molar-refractivity contribution in [2.45, 2.75) is 38.4 Å². The number of aliphatic hydroxyl groups is 1. The zero-order valence-electron chi connectivity index (χ0n) is 12.5. The highest BCUT2D eigenvalue weighted by molar-refractivity contribution is 5.84. The molecule has 1 aromatic rings. The molecule has 0 spiro atoms. The Morgan fingerprint density at radius 2 is 2.14 bits per heavy atom. The fraction of sp³-hybridized carbons (Fsp3) is 0.533. The van der Waals surface area contributed by atoms with Gasteiger partial charge in [-0.25, -0.2) is 9.18 Å². The van der Waals surface area contributed by atoms with Crippen LogP contribution in [0.25, 0.3) is 0 Å². The Hall–Kier alpha value is -1.66. The maximum atomic E-state index is 14.0. The molecule has 6 heteroatoms. The average Bonchev–Trinajstić information content (AvgIpc) is 2.28. The van der Waals surface area contributed by atoms with Gasteiger partial charge in [0.05, 0.1) is 5.60 Å². The molecule has 1 amide bonds. The summed E-state index contributed by atoms with van der Waals surface area (Å²) in [5.41, 5.74) is -0.734. The molecule has 21 heavy (non-hydrogen) atoms. The summed E-state index contributed by atoms with van der Waals surface area (Å²) < 4.78 is 19.1. The summed E-state index contributed by atoms with van der Waals surface area (Å²) in [7, 11) is 0. The number of anilines is 1. The van der Waals surface area contributed by atoms with Gasteiger partial charge in [0.1, 0.15) is 11.4 Å². The van der Waals surface area contributed by atoms with E-state index in [1.165, 1.54) is 6.07 Å². The molecule has 1 aliphatic heterocycles. The quantitative estimate of drug-likeness (QED) is 0.798. The maximum Gasteiger partial charge on any atom is 0.412 e. The van der Waals surface area contributed by atoms with E-state index in [4.69, 9.17) is 4.74 Å². The number of halogens is 1. The summed E-state index contributed by atoms with van der Waals surface area (Å²) in [6.07, 6.45) is -0.380. The fourth-order valence-electron chi connectivity index (χ4n) is 2.08. The Kier molecular flexibility index (Phi) is 4.20. The number of amides is 1. The van der Waals surface area contributed by atoms with Crippen LogP contribution in [-0.4, -0.2) is 35.5 Å². The average molecular weight is 296 g/mol. The number of β-amino-alcohol motifs (C(OH)–C–C–N with tert-alkyl or cyclic N) is 1. The topological polar surface area (TPSA) is 70.6 Å². The lowest BCUT2D eigenvalue weighted by Crippen LogP contribution is -2.60. The van der Waals surface area contributed by atoms with Crippen LogP contribution < -0.4 is 10.6 Å². The second-order valence-corrected chi connectivity index (χ2v) is 6.44.